The molecule has 1 atom stereocenters. The molecule has 0 aliphatic carbocycles. The zero-order valence-electron chi connectivity index (χ0n) is 10.7. The molecule has 0 amide bonds. The van der Waals surface area contributed by atoms with Crippen LogP contribution in [0.5, 0.6) is 11.5 Å². The number of benzene rings is 1. The Morgan fingerprint density at radius 3 is 2.70 bits per heavy atom. The molecule has 3 rings (SSSR count). The van der Waals surface area contributed by atoms with Gasteiger partial charge in [0.05, 0.1) is 12.2 Å². The van der Waals surface area contributed by atoms with E-state index in [4.69, 9.17) is 13.9 Å². The zero-order valence-corrected chi connectivity index (χ0v) is 10.7. The normalized spacial score (nSPS) is 14.8. The lowest BCUT2D eigenvalue weighted by molar-refractivity contribution is -0.138. The van der Waals surface area contributed by atoms with Crippen LogP contribution in [0, 0.1) is 0 Å². The molecular weight excluding hydrogens is 260 g/mol. The summed E-state index contributed by atoms with van der Waals surface area (Å²) in [5.74, 6) is 0.337. The van der Waals surface area contributed by atoms with Crippen LogP contribution in [0.1, 0.15) is 17.2 Å². The molecule has 0 saturated heterocycles. The van der Waals surface area contributed by atoms with Crippen molar-refractivity contribution in [2.24, 2.45) is 0 Å². The molecule has 1 unspecified atom stereocenters. The van der Waals surface area contributed by atoms with Gasteiger partial charge in [0.25, 0.3) is 0 Å². The number of fused-ring (bicyclic) bond motifs is 1. The maximum atomic E-state index is 11.5. The highest BCUT2D eigenvalue weighted by Gasteiger charge is 2.24. The molecule has 20 heavy (non-hydrogen) atoms. The van der Waals surface area contributed by atoms with Gasteiger partial charge in [-0.15, -0.1) is 0 Å². The molecule has 1 aliphatic heterocycles. The van der Waals surface area contributed by atoms with Crippen LogP contribution < -0.4 is 9.47 Å². The van der Waals surface area contributed by atoms with Gasteiger partial charge in [0.1, 0.15) is 19.0 Å². The first-order valence-electron chi connectivity index (χ1n) is 6.39. The van der Waals surface area contributed by atoms with Crippen molar-refractivity contribution in [1.82, 2.24) is 0 Å². The van der Waals surface area contributed by atoms with E-state index in [0.717, 1.165) is 0 Å². The molecule has 0 spiro atoms. The number of rotatable bonds is 4. The molecule has 1 aliphatic rings. The molecule has 1 aromatic carbocycles. The molecule has 1 N–H and O–H groups in total. The number of furan rings is 1. The molecule has 5 nitrogen and oxygen atoms in total. The van der Waals surface area contributed by atoms with Crippen LogP contribution in [0.3, 0.4) is 0 Å². The molecule has 2 aromatic rings. The Morgan fingerprint density at radius 1 is 1.20 bits per heavy atom. The molecule has 0 saturated carbocycles. The Hall–Kier alpha value is -2.43. The molecule has 0 fully saturated rings. The van der Waals surface area contributed by atoms with Crippen molar-refractivity contribution >= 4 is 5.97 Å². The van der Waals surface area contributed by atoms with Gasteiger partial charge >= 0.3 is 5.97 Å². The van der Waals surface area contributed by atoms with E-state index in [1.165, 1.54) is 6.26 Å². The Bertz CT molecular complexity index is 603. The van der Waals surface area contributed by atoms with Crippen molar-refractivity contribution in [3.63, 3.8) is 0 Å². The third-order valence-electron chi connectivity index (χ3n) is 3.25. The number of hydrogen-bond acceptors (Lipinski definition) is 4. The number of carboxylic acid groups (broad SMARTS) is 1. The Balaban J connectivity index is 1.89. The summed E-state index contributed by atoms with van der Waals surface area (Å²) in [7, 11) is 0. The second-order valence-corrected chi connectivity index (χ2v) is 4.58. The maximum Gasteiger partial charge on any atom is 0.311 e. The van der Waals surface area contributed by atoms with Gasteiger partial charge in [0, 0.05) is 6.42 Å². The van der Waals surface area contributed by atoms with Crippen LogP contribution >= 0.6 is 0 Å². The van der Waals surface area contributed by atoms with Crippen LogP contribution in [0.15, 0.2) is 41.0 Å². The number of ether oxygens (including phenoxy) is 2. The van der Waals surface area contributed by atoms with Crippen LogP contribution in [0.2, 0.25) is 0 Å². The third-order valence-corrected chi connectivity index (χ3v) is 3.25. The summed E-state index contributed by atoms with van der Waals surface area (Å²) in [5.41, 5.74) is 0.679. The number of aliphatic carboxylic acids is 1. The quantitative estimate of drug-likeness (QED) is 0.927. The molecule has 5 heteroatoms. The minimum Gasteiger partial charge on any atom is -0.486 e. The minimum atomic E-state index is -0.891. The highest BCUT2D eigenvalue weighted by molar-refractivity contribution is 5.76. The molecule has 2 heterocycles. The van der Waals surface area contributed by atoms with Crippen molar-refractivity contribution in [1.29, 1.82) is 0 Å². The average Bonchev–Trinajstić information content (AvgIpc) is 2.97. The monoisotopic (exact) mass is 274 g/mol. The van der Waals surface area contributed by atoms with Gasteiger partial charge in [-0.2, -0.15) is 0 Å². The molecular formula is C15H14O5. The fourth-order valence-corrected chi connectivity index (χ4v) is 2.25. The van der Waals surface area contributed by atoms with Crippen molar-refractivity contribution < 1.29 is 23.8 Å². The largest absolute Gasteiger partial charge is 0.486 e. The smallest absolute Gasteiger partial charge is 0.311 e. The summed E-state index contributed by atoms with van der Waals surface area (Å²) in [4.78, 5) is 11.5. The van der Waals surface area contributed by atoms with E-state index in [2.05, 4.69) is 0 Å². The van der Waals surface area contributed by atoms with Gasteiger partial charge in [0.15, 0.2) is 11.5 Å². The fourth-order valence-electron chi connectivity index (χ4n) is 2.25. The van der Waals surface area contributed by atoms with Gasteiger partial charge in [-0.1, -0.05) is 6.07 Å². The number of hydrogen-bond donors (Lipinski definition) is 1. The summed E-state index contributed by atoms with van der Waals surface area (Å²) in [6, 6.07) is 8.76. The third kappa shape index (κ3) is 2.47. The lowest BCUT2D eigenvalue weighted by Crippen LogP contribution is -2.17. The first-order chi connectivity index (χ1) is 9.74. The van der Waals surface area contributed by atoms with Crippen LogP contribution in [0.25, 0.3) is 0 Å². The predicted molar refractivity (Wildman–Crippen MR) is 70.2 cm³/mol. The molecule has 104 valence electrons. The molecule has 0 radical (unpaired) electrons. The summed E-state index contributed by atoms with van der Waals surface area (Å²) < 4.78 is 16.2. The van der Waals surface area contributed by atoms with E-state index in [1.54, 1.807) is 30.3 Å². The topological polar surface area (TPSA) is 68.9 Å². The second kappa shape index (κ2) is 5.28. The fraction of sp³-hybridized carbons (Fsp3) is 0.267. The molecule has 0 bridgehead atoms. The van der Waals surface area contributed by atoms with E-state index in [9.17, 15) is 9.90 Å². The van der Waals surface area contributed by atoms with E-state index >= 15 is 0 Å². The maximum absolute atomic E-state index is 11.5. The van der Waals surface area contributed by atoms with Crippen molar-refractivity contribution in [2.75, 3.05) is 13.2 Å². The van der Waals surface area contributed by atoms with Crippen LogP contribution in [-0.2, 0) is 11.2 Å². The van der Waals surface area contributed by atoms with Gasteiger partial charge < -0.3 is 19.0 Å². The van der Waals surface area contributed by atoms with Crippen molar-refractivity contribution in [3.8, 4) is 11.5 Å². The Morgan fingerprint density at radius 2 is 2.00 bits per heavy atom. The highest BCUT2D eigenvalue weighted by atomic mass is 16.6. The van der Waals surface area contributed by atoms with Gasteiger partial charge in [0.2, 0.25) is 0 Å². The van der Waals surface area contributed by atoms with Gasteiger partial charge in [-0.25, -0.2) is 0 Å². The summed E-state index contributed by atoms with van der Waals surface area (Å²) in [6.45, 7) is 0.994. The second-order valence-electron chi connectivity index (χ2n) is 4.58. The molecule has 1 aromatic heterocycles. The summed E-state index contributed by atoms with van der Waals surface area (Å²) >= 11 is 0. The van der Waals surface area contributed by atoms with Crippen LogP contribution in [0.4, 0.5) is 0 Å². The predicted octanol–water partition coefficient (Wildman–Crippen LogP) is 2.46. The minimum absolute atomic E-state index is 0.308. The lowest BCUT2D eigenvalue weighted by Gasteiger charge is -2.20. The van der Waals surface area contributed by atoms with E-state index in [0.29, 0.717) is 42.5 Å². The van der Waals surface area contributed by atoms with Crippen molar-refractivity contribution in [3.05, 3.63) is 47.9 Å². The van der Waals surface area contributed by atoms with Crippen LogP contribution in [-0.4, -0.2) is 24.3 Å². The van der Waals surface area contributed by atoms with E-state index in [-0.39, 0.29) is 0 Å². The first-order valence-corrected chi connectivity index (χ1v) is 6.39. The summed E-state index contributed by atoms with van der Waals surface area (Å²) in [6.07, 6.45) is 1.85. The Labute approximate surface area is 115 Å². The lowest BCUT2D eigenvalue weighted by atomic mass is 9.94. The summed E-state index contributed by atoms with van der Waals surface area (Å²) in [5, 5.41) is 9.42. The average molecular weight is 274 g/mol. The highest BCUT2D eigenvalue weighted by Crippen LogP contribution is 2.34. The Kier molecular flexibility index (Phi) is 3.33. The first kappa shape index (κ1) is 12.6. The van der Waals surface area contributed by atoms with E-state index in [1.807, 2.05) is 0 Å². The van der Waals surface area contributed by atoms with Crippen molar-refractivity contribution in [2.45, 2.75) is 12.3 Å². The SMILES string of the molecule is O=C(O)C(Cc1ccco1)c1ccc2c(c1)OCCO2. The van der Waals surface area contributed by atoms with E-state index < -0.39 is 11.9 Å². The zero-order chi connectivity index (χ0) is 13.9. The van der Waals surface area contributed by atoms with Gasteiger partial charge in [-0.05, 0) is 29.8 Å². The standard InChI is InChI=1S/C15H14O5/c16-15(17)12(9-11-2-1-5-18-11)10-3-4-13-14(8-10)20-7-6-19-13/h1-5,8,12H,6-7,9H2,(H,16,17). The number of carboxylic acids is 1. The van der Waals surface area contributed by atoms with Gasteiger partial charge in [-0.3, -0.25) is 4.79 Å². The number of carbonyl (C=O) groups is 1.